The van der Waals surface area contributed by atoms with Gasteiger partial charge in [0.05, 0.1) is 0 Å². The fourth-order valence-electron chi connectivity index (χ4n) is 0. The van der Waals surface area contributed by atoms with E-state index in [0.29, 0.717) is 0 Å². The van der Waals surface area contributed by atoms with Crippen LogP contribution in [-0.2, 0) is 21.9 Å². The molecule has 2 N–H and O–H groups in total. The summed E-state index contributed by atoms with van der Waals surface area (Å²) in [6.45, 7) is 1.20. The van der Waals surface area contributed by atoms with Crippen molar-refractivity contribution in [1.82, 2.24) is 0 Å². The fraction of sp³-hybridized carbons (Fsp3) is 0.667. The van der Waals surface area contributed by atoms with Gasteiger partial charge in [0, 0.05) is 17.1 Å². The molecule has 8 heavy (non-hydrogen) atoms. The Hall–Kier alpha value is 0.949. The molecule has 0 aromatic rings. The maximum absolute atomic E-state index is 9.45. The standard InChI is InChI=1S/C3H6O3.Fe.Na.H/c1-2(4)3(5)6;;;/h2,4H,1H3,(H,5,6);;;/q;;+1;-1. The van der Waals surface area contributed by atoms with Gasteiger partial charge in [0.1, 0.15) is 6.10 Å². The number of aliphatic hydroxyl groups excluding tert-OH is 1. The van der Waals surface area contributed by atoms with E-state index >= 15 is 0 Å². The van der Waals surface area contributed by atoms with Crippen LogP contribution in [0.15, 0.2) is 0 Å². The van der Waals surface area contributed by atoms with Crippen molar-refractivity contribution in [2.75, 3.05) is 0 Å². The number of hydrogen-bond acceptors (Lipinski definition) is 2. The predicted molar refractivity (Wildman–Crippen MR) is 20.4 cm³/mol. The second kappa shape index (κ2) is 7.95. The molecular formula is C3H7FeNaO3. The van der Waals surface area contributed by atoms with E-state index in [9.17, 15) is 4.79 Å². The van der Waals surface area contributed by atoms with Crippen molar-refractivity contribution in [3.8, 4) is 0 Å². The van der Waals surface area contributed by atoms with E-state index in [1.165, 1.54) is 6.92 Å². The van der Waals surface area contributed by atoms with Gasteiger partial charge in [0.25, 0.3) is 0 Å². The third-order valence-electron chi connectivity index (χ3n) is 0.357. The molecule has 0 fully saturated rings. The molecule has 0 saturated carbocycles. The van der Waals surface area contributed by atoms with Crippen molar-refractivity contribution in [2.45, 2.75) is 13.0 Å². The molecule has 3 nitrogen and oxygen atoms in total. The molecule has 0 aromatic carbocycles. The minimum absolute atomic E-state index is 0. The molecule has 0 saturated heterocycles. The van der Waals surface area contributed by atoms with E-state index < -0.39 is 12.1 Å². The second-order valence-corrected chi connectivity index (χ2v) is 1.01. The van der Waals surface area contributed by atoms with Gasteiger partial charge in [-0.25, -0.2) is 4.79 Å². The molecule has 0 aromatic heterocycles. The van der Waals surface area contributed by atoms with Crippen LogP contribution in [0.3, 0.4) is 0 Å². The largest absolute Gasteiger partial charge is 1.00 e. The van der Waals surface area contributed by atoms with Crippen molar-refractivity contribution in [3.05, 3.63) is 0 Å². The molecule has 0 rings (SSSR count). The van der Waals surface area contributed by atoms with Gasteiger partial charge in [0.2, 0.25) is 0 Å². The summed E-state index contributed by atoms with van der Waals surface area (Å²) < 4.78 is 0. The number of carbonyl (C=O) groups is 1. The molecule has 0 amide bonds. The third-order valence-corrected chi connectivity index (χ3v) is 0.357. The summed E-state index contributed by atoms with van der Waals surface area (Å²) in [5.41, 5.74) is 0. The van der Waals surface area contributed by atoms with Gasteiger partial charge in [-0.05, 0) is 6.92 Å². The normalized spacial score (nSPS) is 10.2. The van der Waals surface area contributed by atoms with Crippen molar-refractivity contribution < 1.29 is 63.1 Å². The number of rotatable bonds is 1. The summed E-state index contributed by atoms with van der Waals surface area (Å²) in [5.74, 6) is -1.19. The molecule has 0 aliphatic carbocycles. The Morgan fingerprint density at radius 3 is 1.88 bits per heavy atom. The van der Waals surface area contributed by atoms with Crippen molar-refractivity contribution in [1.29, 1.82) is 0 Å². The monoisotopic (exact) mass is 170 g/mol. The fourth-order valence-corrected chi connectivity index (χ4v) is 0. The van der Waals surface area contributed by atoms with Crippen LogP contribution in [-0.4, -0.2) is 22.3 Å². The van der Waals surface area contributed by atoms with Crippen LogP contribution in [0.2, 0.25) is 0 Å². The van der Waals surface area contributed by atoms with Crippen LogP contribution in [0.25, 0.3) is 0 Å². The van der Waals surface area contributed by atoms with Crippen molar-refractivity contribution in [3.63, 3.8) is 0 Å². The van der Waals surface area contributed by atoms with Gasteiger partial charge in [0.15, 0.2) is 0 Å². The second-order valence-electron chi connectivity index (χ2n) is 1.01. The van der Waals surface area contributed by atoms with Gasteiger partial charge in [-0.15, -0.1) is 0 Å². The van der Waals surface area contributed by atoms with Gasteiger partial charge >= 0.3 is 35.5 Å². The molecule has 1 atom stereocenters. The number of aliphatic carboxylic acids is 1. The Balaban J connectivity index is -0.0000000417. The SMILES string of the molecule is CC(O)C(=O)O.[Fe].[H-].[Na+]. The van der Waals surface area contributed by atoms with E-state index in [1.54, 1.807) is 0 Å². The molecule has 46 valence electrons. The molecule has 0 aliphatic heterocycles. The molecule has 1 unspecified atom stereocenters. The quantitative estimate of drug-likeness (QED) is 0.402. The maximum atomic E-state index is 9.45. The Morgan fingerprint density at radius 1 is 1.75 bits per heavy atom. The number of carboxylic acids is 1. The van der Waals surface area contributed by atoms with Crippen LogP contribution < -0.4 is 29.6 Å². The summed E-state index contributed by atoms with van der Waals surface area (Å²) >= 11 is 0. The van der Waals surface area contributed by atoms with Gasteiger partial charge in [-0.1, -0.05) is 0 Å². The Morgan fingerprint density at radius 2 is 1.88 bits per heavy atom. The van der Waals surface area contributed by atoms with E-state index in [2.05, 4.69) is 0 Å². The number of aliphatic hydroxyl groups is 1. The smallest absolute Gasteiger partial charge is 1.00 e. The summed E-state index contributed by atoms with van der Waals surface area (Å²) in [7, 11) is 0. The molecule has 0 radical (unpaired) electrons. The minimum Gasteiger partial charge on any atom is -1.00 e. The summed E-state index contributed by atoms with van der Waals surface area (Å²) in [4.78, 5) is 9.45. The first kappa shape index (κ1) is 16.0. The summed E-state index contributed by atoms with van der Waals surface area (Å²) in [5, 5.41) is 15.8. The third kappa shape index (κ3) is 10.0. The zero-order valence-corrected chi connectivity index (χ0v) is 7.84. The minimum atomic E-state index is -1.23. The Bertz CT molecular complexity index is 70.1. The molecule has 5 heteroatoms. The van der Waals surface area contributed by atoms with Crippen LogP contribution in [0, 0.1) is 0 Å². The maximum Gasteiger partial charge on any atom is 1.00 e. The number of carboxylic acid groups (broad SMARTS) is 1. The molecular weight excluding hydrogens is 163 g/mol. The van der Waals surface area contributed by atoms with E-state index in [0.717, 1.165) is 0 Å². The first-order valence-electron chi connectivity index (χ1n) is 1.55. The molecule has 0 spiro atoms. The zero-order valence-electron chi connectivity index (χ0n) is 5.73. The van der Waals surface area contributed by atoms with Gasteiger partial charge < -0.3 is 11.6 Å². The Labute approximate surface area is 81.7 Å². The van der Waals surface area contributed by atoms with Crippen LogP contribution >= 0.6 is 0 Å². The summed E-state index contributed by atoms with van der Waals surface area (Å²) in [6, 6.07) is 0. The van der Waals surface area contributed by atoms with Crippen molar-refractivity contribution in [2.24, 2.45) is 0 Å². The average molecular weight is 170 g/mol. The molecule has 0 bridgehead atoms. The molecule has 0 heterocycles. The first-order chi connectivity index (χ1) is 2.64. The van der Waals surface area contributed by atoms with Gasteiger partial charge in [-0.2, -0.15) is 0 Å². The Kier molecular flexibility index (Phi) is 15.9. The first-order valence-corrected chi connectivity index (χ1v) is 1.55. The summed E-state index contributed by atoms with van der Waals surface area (Å²) in [6.07, 6.45) is -1.23. The van der Waals surface area contributed by atoms with E-state index in [-0.39, 0.29) is 48.1 Å². The topological polar surface area (TPSA) is 57.5 Å². The zero-order chi connectivity index (χ0) is 5.15. The number of hydrogen-bond donors (Lipinski definition) is 2. The average Bonchev–Trinajstić information content (AvgIpc) is 1.36. The molecule has 0 aliphatic rings. The van der Waals surface area contributed by atoms with Gasteiger partial charge in [-0.3, -0.25) is 0 Å². The van der Waals surface area contributed by atoms with Crippen LogP contribution in [0.1, 0.15) is 8.35 Å². The van der Waals surface area contributed by atoms with Crippen molar-refractivity contribution >= 4 is 5.97 Å². The predicted octanol–water partition coefficient (Wildman–Crippen LogP) is -3.43. The van der Waals surface area contributed by atoms with Crippen LogP contribution in [0.4, 0.5) is 0 Å². The van der Waals surface area contributed by atoms with E-state index in [1.807, 2.05) is 0 Å². The van der Waals surface area contributed by atoms with Crippen LogP contribution in [0.5, 0.6) is 0 Å². The van der Waals surface area contributed by atoms with E-state index in [4.69, 9.17) is 10.2 Å².